The number of aliphatic hydroxyl groups is 1. The Kier molecular flexibility index (Phi) is 9.89. The van der Waals surface area contributed by atoms with Crippen molar-refractivity contribution in [3.8, 4) is 0 Å². The zero-order valence-electron chi connectivity index (χ0n) is 14.1. The molecule has 0 aromatic heterocycles. The first-order valence-corrected chi connectivity index (χ1v) is 8.32. The van der Waals surface area contributed by atoms with E-state index in [1.54, 1.807) is 0 Å². The van der Waals surface area contributed by atoms with E-state index in [0.717, 1.165) is 16.8 Å². The summed E-state index contributed by atoms with van der Waals surface area (Å²) in [6, 6.07) is 6.05. The lowest BCUT2D eigenvalue weighted by atomic mass is 10.1. The van der Waals surface area contributed by atoms with Gasteiger partial charge in [0, 0.05) is 12.7 Å². The van der Waals surface area contributed by atoms with E-state index in [1.165, 1.54) is 13.1 Å². The molecule has 1 aromatic rings. The molecule has 0 amide bonds. The molecule has 0 atom stereocenters. The van der Waals surface area contributed by atoms with Crippen LogP contribution in [0.3, 0.4) is 0 Å². The van der Waals surface area contributed by atoms with Gasteiger partial charge in [0.25, 0.3) is 0 Å². The smallest absolute Gasteiger partial charge is 0.389 e. The lowest BCUT2D eigenvalue weighted by molar-refractivity contribution is -0.137. The fourth-order valence-corrected chi connectivity index (χ4v) is 1.98. The van der Waals surface area contributed by atoms with Crippen LogP contribution in [0.15, 0.2) is 30.9 Å². The van der Waals surface area contributed by atoms with Crippen LogP contribution < -0.4 is 5.73 Å². The molecular weight excluding hydrogens is 336 g/mol. The number of carbonyl (C=O) groups is 1. The van der Waals surface area contributed by atoms with Crippen LogP contribution in [0.2, 0.25) is 0 Å². The van der Waals surface area contributed by atoms with Gasteiger partial charge in [0.1, 0.15) is 13.3 Å². The van der Waals surface area contributed by atoms with Crippen LogP contribution in [0.25, 0.3) is 0 Å². The van der Waals surface area contributed by atoms with Gasteiger partial charge >= 0.3 is 16.3 Å². The molecule has 1 rings (SSSR count). The van der Waals surface area contributed by atoms with Crippen LogP contribution >= 0.6 is 0 Å². The molecule has 0 aliphatic heterocycles. The monoisotopic (exact) mass is 360 g/mol. The highest BCUT2D eigenvalue weighted by Crippen LogP contribution is 2.13. The number of rotatable bonds is 7. The van der Waals surface area contributed by atoms with Gasteiger partial charge in [0.15, 0.2) is 0 Å². The summed E-state index contributed by atoms with van der Waals surface area (Å²) in [7, 11) is -3.02. The first kappa shape index (κ1) is 22.1. The number of aryl methyl sites for hydroxylation is 2. The molecule has 0 bridgehead atoms. The summed E-state index contributed by atoms with van der Waals surface area (Å²) in [5, 5.41) is 8.29. The number of anilines is 1. The number of benzene rings is 1. The Morgan fingerprint density at radius 1 is 1.38 bits per heavy atom. The average Bonchev–Trinajstić information content (AvgIpc) is 2.52. The van der Waals surface area contributed by atoms with Crippen molar-refractivity contribution in [1.29, 1.82) is 0 Å². The van der Waals surface area contributed by atoms with Gasteiger partial charge in [-0.25, -0.2) is 4.79 Å². The molecule has 9 heteroatoms. The maximum absolute atomic E-state index is 11.2. The van der Waals surface area contributed by atoms with E-state index >= 15 is 0 Å². The third-order valence-corrected chi connectivity index (χ3v) is 4.03. The number of hydrogen-bond acceptors (Lipinski definition) is 7. The van der Waals surface area contributed by atoms with Crippen LogP contribution in [0.5, 0.6) is 0 Å². The highest BCUT2D eigenvalue weighted by molar-refractivity contribution is 7.84. The third-order valence-electron chi connectivity index (χ3n) is 2.76. The van der Waals surface area contributed by atoms with Crippen LogP contribution in [0, 0.1) is 13.8 Å². The van der Waals surface area contributed by atoms with Crippen LogP contribution in [-0.4, -0.2) is 50.8 Å². The SMILES string of the molecule is C=CCOCN(C)S(=O)(=O)OC(=O)CO.Cc1cccc(C)c1N. The van der Waals surface area contributed by atoms with Crippen molar-refractivity contribution in [2.75, 3.05) is 32.7 Å². The molecule has 0 aliphatic rings. The topological polar surface area (TPSA) is 119 Å². The van der Waals surface area contributed by atoms with Crippen molar-refractivity contribution in [2.45, 2.75) is 13.8 Å². The van der Waals surface area contributed by atoms with E-state index in [-0.39, 0.29) is 13.3 Å². The molecule has 24 heavy (non-hydrogen) atoms. The van der Waals surface area contributed by atoms with E-state index in [9.17, 15) is 13.2 Å². The molecule has 0 aliphatic carbocycles. The zero-order valence-corrected chi connectivity index (χ0v) is 14.9. The van der Waals surface area contributed by atoms with Crippen LogP contribution in [0.4, 0.5) is 5.69 Å². The summed E-state index contributed by atoms with van der Waals surface area (Å²) in [6.45, 7) is 6.31. The van der Waals surface area contributed by atoms with E-state index in [1.807, 2.05) is 32.0 Å². The van der Waals surface area contributed by atoms with Gasteiger partial charge in [0.05, 0.1) is 6.61 Å². The summed E-state index contributed by atoms with van der Waals surface area (Å²) in [5.74, 6) is -1.24. The largest absolute Gasteiger partial charge is 0.398 e. The standard InChI is InChI=1S/C8H11N.C7H13NO6S/c1-6-4-3-5-7(2)8(6)9;1-3-4-13-6-8(2)15(11,12)14-7(10)5-9/h3-5H,9H2,1-2H3;3,9H,1,4-6H2,2H3. The van der Waals surface area contributed by atoms with E-state index in [4.69, 9.17) is 15.6 Å². The van der Waals surface area contributed by atoms with Crippen LogP contribution in [-0.2, 0) is 24.0 Å². The highest BCUT2D eigenvalue weighted by Gasteiger charge is 2.22. The summed E-state index contributed by atoms with van der Waals surface area (Å²) in [5.41, 5.74) is 8.92. The summed E-state index contributed by atoms with van der Waals surface area (Å²) in [4.78, 5) is 10.5. The van der Waals surface area contributed by atoms with Gasteiger partial charge in [0.2, 0.25) is 0 Å². The van der Waals surface area contributed by atoms with E-state index < -0.39 is 22.9 Å². The molecule has 0 heterocycles. The molecule has 0 fully saturated rings. The second kappa shape index (κ2) is 10.8. The molecular formula is C15H24N2O6S. The predicted octanol–water partition coefficient (Wildman–Crippen LogP) is 0.744. The normalized spacial score (nSPS) is 10.7. The van der Waals surface area contributed by atoms with Gasteiger partial charge in [-0.1, -0.05) is 24.3 Å². The number of aliphatic hydroxyl groups excluding tert-OH is 1. The summed E-state index contributed by atoms with van der Waals surface area (Å²) < 4.78 is 31.8. The quantitative estimate of drug-likeness (QED) is 0.318. The molecule has 3 N–H and O–H groups in total. The summed E-state index contributed by atoms with van der Waals surface area (Å²) >= 11 is 0. The zero-order chi connectivity index (χ0) is 18.8. The number of para-hydroxylation sites is 1. The Bertz CT molecular complexity index is 625. The molecule has 8 nitrogen and oxygen atoms in total. The Labute approximate surface area is 142 Å². The fourth-order valence-electron chi connectivity index (χ4n) is 1.36. The molecule has 0 spiro atoms. The van der Waals surface area contributed by atoms with E-state index in [2.05, 4.69) is 10.8 Å². The molecule has 0 unspecified atom stereocenters. The van der Waals surface area contributed by atoms with Crippen molar-refractivity contribution in [3.05, 3.63) is 42.0 Å². The predicted molar refractivity (Wildman–Crippen MR) is 91.2 cm³/mol. The minimum absolute atomic E-state index is 0.174. The highest BCUT2D eigenvalue weighted by atomic mass is 32.2. The van der Waals surface area contributed by atoms with Crippen molar-refractivity contribution in [1.82, 2.24) is 4.31 Å². The molecule has 0 radical (unpaired) electrons. The van der Waals surface area contributed by atoms with Gasteiger partial charge in [-0.2, -0.15) is 8.42 Å². The van der Waals surface area contributed by atoms with Gasteiger partial charge in [-0.3, -0.25) is 0 Å². The van der Waals surface area contributed by atoms with Crippen molar-refractivity contribution in [3.63, 3.8) is 0 Å². The van der Waals surface area contributed by atoms with Crippen LogP contribution in [0.1, 0.15) is 11.1 Å². The second-order valence-electron chi connectivity index (χ2n) is 4.76. The molecule has 0 saturated carbocycles. The van der Waals surface area contributed by atoms with Crippen molar-refractivity contribution in [2.24, 2.45) is 0 Å². The Morgan fingerprint density at radius 3 is 2.33 bits per heavy atom. The van der Waals surface area contributed by atoms with Gasteiger partial charge in [-0.15, -0.1) is 10.9 Å². The third kappa shape index (κ3) is 8.06. The Morgan fingerprint density at radius 2 is 1.92 bits per heavy atom. The second-order valence-corrected chi connectivity index (χ2v) is 6.41. The maximum Gasteiger partial charge on any atom is 0.389 e. The van der Waals surface area contributed by atoms with Crippen molar-refractivity contribution < 1.29 is 27.2 Å². The Balaban J connectivity index is 0.000000496. The minimum Gasteiger partial charge on any atom is -0.398 e. The average molecular weight is 360 g/mol. The number of nitrogens with zero attached hydrogens (tertiary/aromatic N) is 1. The number of nitrogen functional groups attached to an aromatic ring is 1. The number of carbonyl (C=O) groups excluding carboxylic acids is 1. The fraction of sp³-hybridized carbons (Fsp3) is 0.400. The van der Waals surface area contributed by atoms with Gasteiger partial charge < -0.3 is 19.8 Å². The Hall–Kier alpha value is -1.94. The first-order chi connectivity index (χ1) is 11.2. The van der Waals surface area contributed by atoms with E-state index in [0.29, 0.717) is 4.31 Å². The minimum atomic E-state index is -4.19. The first-order valence-electron chi connectivity index (χ1n) is 6.95. The maximum atomic E-state index is 11.2. The number of ether oxygens (including phenoxy) is 1. The lowest BCUT2D eigenvalue weighted by Crippen LogP contribution is -2.33. The molecule has 0 saturated heterocycles. The lowest BCUT2D eigenvalue weighted by Gasteiger charge is -2.15. The molecule has 1 aromatic carbocycles. The van der Waals surface area contributed by atoms with Gasteiger partial charge in [-0.05, 0) is 25.0 Å². The van der Waals surface area contributed by atoms with Crippen molar-refractivity contribution >= 4 is 22.0 Å². The number of hydrogen-bond donors (Lipinski definition) is 2. The summed E-state index contributed by atoms with van der Waals surface area (Å²) in [6.07, 6.45) is 1.44. The molecule has 136 valence electrons. The number of nitrogens with two attached hydrogens (primary N) is 1.